The summed E-state index contributed by atoms with van der Waals surface area (Å²) in [6.45, 7) is 4.94. The van der Waals surface area contributed by atoms with Crippen LogP contribution in [0.1, 0.15) is 13.3 Å². The van der Waals surface area contributed by atoms with Crippen LogP contribution in [0.5, 0.6) is 0 Å². The molecule has 1 atom stereocenters. The molecule has 0 radical (unpaired) electrons. The Bertz CT molecular complexity index is 122. The minimum absolute atomic E-state index is 0.657. The minimum atomic E-state index is -0.712. The molecule has 0 bridgehead atoms. The summed E-state index contributed by atoms with van der Waals surface area (Å²) in [6.07, 6.45) is 3.53. The summed E-state index contributed by atoms with van der Waals surface area (Å²) < 4.78 is 12.6. The van der Waals surface area contributed by atoms with Crippen molar-refractivity contribution < 1.29 is 4.39 Å². The second-order valence-electron chi connectivity index (χ2n) is 2.63. The highest BCUT2D eigenvalue weighted by molar-refractivity contribution is 4.94. The van der Waals surface area contributed by atoms with Gasteiger partial charge in [-0.05, 0) is 13.0 Å². The van der Waals surface area contributed by atoms with Gasteiger partial charge < -0.3 is 0 Å². The highest BCUT2D eigenvalue weighted by atomic mass is 19.1. The van der Waals surface area contributed by atoms with E-state index in [2.05, 4.69) is 11.8 Å². The number of halogens is 1. The fourth-order valence-corrected chi connectivity index (χ4v) is 1.14. The van der Waals surface area contributed by atoms with Crippen molar-refractivity contribution in [3.63, 3.8) is 0 Å². The van der Waals surface area contributed by atoms with Crippen molar-refractivity contribution in [3.05, 3.63) is 12.2 Å². The van der Waals surface area contributed by atoms with E-state index in [9.17, 15) is 4.39 Å². The predicted octanol–water partition coefficient (Wildman–Crippen LogP) is 1.61. The molecule has 2 heteroatoms. The molecule has 0 aliphatic carbocycles. The zero-order chi connectivity index (χ0) is 7.40. The Morgan fingerprint density at radius 1 is 1.70 bits per heavy atom. The molecule has 0 amide bonds. The van der Waals surface area contributed by atoms with E-state index in [1.54, 1.807) is 6.08 Å². The molecule has 0 fully saturated rings. The Morgan fingerprint density at radius 3 is 3.20 bits per heavy atom. The van der Waals surface area contributed by atoms with Gasteiger partial charge in [0.1, 0.15) is 6.17 Å². The van der Waals surface area contributed by atoms with Crippen molar-refractivity contribution >= 4 is 0 Å². The van der Waals surface area contributed by atoms with E-state index in [4.69, 9.17) is 0 Å². The first-order valence-corrected chi connectivity index (χ1v) is 3.86. The topological polar surface area (TPSA) is 3.24 Å². The summed E-state index contributed by atoms with van der Waals surface area (Å²) in [7, 11) is 0. The number of hydrogen-bond acceptors (Lipinski definition) is 1. The third kappa shape index (κ3) is 2.10. The van der Waals surface area contributed by atoms with Gasteiger partial charge in [-0.2, -0.15) is 0 Å². The normalized spacial score (nSPS) is 28.4. The third-order valence-electron chi connectivity index (χ3n) is 1.88. The van der Waals surface area contributed by atoms with Gasteiger partial charge in [-0.25, -0.2) is 4.39 Å². The Kier molecular flexibility index (Phi) is 2.87. The van der Waals surface area contributed by atoms with Gasteiger partial charge in [0.25, 0.3) is 0 Å². The summed E-state index contributed by atoms with van der Waals surface area (Å²) in [4.78, 5) is 2.23. The quantitative estimate of drug-likeness (QED) is 0.504. The van der Waals surface area contributed by atoms with Crippen molar-refractivity contribution in [1.82, 2.24) is 4.90 Å². The zero-order valence-corrected chi connectivity index (χ0v) is 6.39. The first-order chi connectivity index (χ1) is 4.83. The molecule has 58 valence electrons. The smallest absolute Gasteiger partial charge is 0.120 e. The van der Waals surface area contributed by atoms with Crippen molar-refractivity contribution in [2.24, 2.45) is 0 Å². The zero-order valence-electron chi connectivity index (χ0n) is 6.39. The lowest BCUT2D eigenvalue weighted by atomic mass is 10.3. The number of nitrogens with zero attached hydrogens (tertiary/aromatic N) is 1. The average Bonchev–Trinajstić information content (AvgIpc) is 2.14. The van der Waals surface area contributed by atoms with E-state index >= 15 is 0 Å². The fourth-order valence-electron chi connectivity index (χ4n) is 1.14. The van der Waals surface area contributed by atoms with Crippen molar-refractivity contribution in [2.75, 3.05) is 19.6 Å². The van der Waals surface area contributed by atoms with Gasteiger partial charge in [0.15, 0.2) is 0 Å². The van der Waals surface area contributed by atoms with Crippen LogP contribution in [0, 0.1) is 0 Å². The average molecular weight is 143 g/mol. The first kappa shape index (κ1) is 7.73. The van der Waals surface area contributed by atoms with E-state index in [1.165, 1.54) is 0 Å². The van der Waals surface area contributed by atoms with Gasteiger partial charge in [0.2, 0.25) is 0 Å². The van der Waals surface area contributed by atoms with Crippen LogP contribution >= 0.6 is 0 Å². The van der Waals surface area contributed by atoms with Crippen LogP contribution in [0.15, 0.2) is 12.2 Å². The van der Waals surface area contributed by atoms with Crippen LogP contribution in [-0.4, -0.2) is 30.7 Å². The van der Waals surface area contributed by atoms with Crippen molar-refractivity contribution in [2.45, 2.75) is 19.5 Å². The number of rotatable bonds is 1. The van der Waals surface area contributed by atoms with Crippen molar-refractivity contribution in [1.29, 1.82) is 0 Å². The van der Waals surface area contributed by atoms with Crippen molar-refractivity contribution in [3.8, 4) is 0 Å². The molecule has 0 aromatic rings. The lowest BCUT2D eigenvalue weighted by Crippen LogP contribution is -2.24. The van der Waals surface area contributed by atoms with Crippen LogP contribution in [0.4, 0.5) is 4.39 Å². The van der Waals surface area contributed by atoms with Gasteiger partial charge in [-0.3, -0.25) is 4.90 Å². The van der Waals surface area contributed by atoms with E-state index in [-0.39, 0.29) is 0 Å². The lowest BCUT2D eigenvalue weighted by molar-refractivity contribution is 0.283. The van der Waals surface area contributed by atoms with Gasteiger partial charge in [0.05, 0.1) is 0 Å². The van der Waals surface area contributed by atoms with Crippen LogP contribution in [-0.2, 0) is 0 Å². The molecule has 0 saturated carbocycles. The standard InChI is InChI=1S/C8H14FN/c1-2-10-6-3-4-8(9)5-7-10/h3-4,8H,2,5-7H2,1H3. The van der Waals surface area contributed by atoms with Crippen LogP contribution in [0.2, 0.25) is 0 Å². The number of alkyl halides is 1. The van der Waals surface area contributed by atoms with E-state index in [1.807, 2.05) is 6.08 Å². The number of hydrogen-bond donors (Lipinski definition) is 0. The van der Waals surface area contributed by atoms with E-state index < -0.39 is 6.17 Å². The Morgan fingerprint density at radius 2 is 2.50 bits per heavy atom. The molecule has 1 rings (SSSR count). The minimum Gasteiger partial charge on any atom is -0.300 e. The molecule has 10 heavy (non-hydrogen) atoms. The highest BCUT2D eigenvalue weighted by Crippen LogP contribution is 2.06. The van der Waals surface area contributed by atoms with Gasteiger partial charge in [0, 0.05) is 13.1 Å². The molecular weight excluding hydrogens is 129 g/mol. The molecule has 0 N–H and O–H groups in total. The van der Waals surface area contributed by atoms with Gasteiger partial charge >= 0.3 is 0 Å². The molecule has 0 spiro atoms. The van der Waals surface area contributed by atoms with Gasteiger partial charge in [-0.1, -0.05) is 19.1 Å². The molecular formula is C8H14FN. The molecule has 1 heterocycles. The van der Waals surface area contributed by atoms with Crippen LogP contribution < -0.4 is 0 Å². The molecule has 0 aromatic carbocycles. The third-order valence-corrected chi connectivity index (χ3v) is 1.88. The monoisotopic (exact) mass is 143 g/mol. The molecule has 1 unspecified atom stereocenters. The summed E-state index contributed by atoms with van der Waals surface area (Å²) in [5.74, 6) is 0. The summed E-state index contributed by atoms with van der Waals surface area (Å²) in [6, 6.07) is 0. The predicted molar refractivity (Wildman–Crippen MR) is 40.8 cm³/mol. The maximum absolute atomic E-state index is 12.6. The summed E-state index contributed by atoms with van der Waals surface area (Å²) in [5, 5.41) is 0. The first-order valence-electron chi connectivity index (χ1n) is 3.86. The van der Waals surface area contributed by atoms with E-state index in [0.717, 1.165) is 19.6 Å². The molecule has 1 aliphatic rings. The van der Waals surface area contributed by atoms with Crippen LogP contribution in [0.25, 0.3) is 0 Å². The molecule has 1 aliphatic heterocycles. The Hall–Kier alpha value is -0.370. The molecule has 0 aromatic heterocycles. The molecule has 0 saturated heterocycles. The van der Waals surface area contributed by atoms with Crippen LogP contribution in [0.3, 0.4) is 0 Å². The number of likely N-dealkylation sites (N-methyl/N-ethyl adjacent to an activating group) is 1. The van der Waals surface area contributed by atoms with Gasteiger partial charge in [-0.15, -0.1) is 0 Å². The lowest BCUT2D eigenvalue weighted by Gasteiger charge is -2.15. The second-order valence-corrected chi connectivity index (χ2v) is 2.63. The summed E-state index contributed by atoms with van der Waals surface area (Å²) >= 11 is 0. The fraction of sp³-hybridized carbons (Fsp3) is 0.750. The highest BCUT2D eigenvalue weighted by Gasteiger charge is 2.08. The van der Waals surface area contributed by atoms with E-state index in [0.29, 0.717) is 6.42 Å². The SMILES string of the molecule is CCN1CC=CC(F)CC1. The maximum atomic E-state index is 12.6. The maximum Gasteiger partial charge on any atom is 0.120 e. The Balaban J connectivity index is 2.37. The number of allylic oxidation sites excluding steroid dienone is 1. The molecule has 1 nitrogen and oxygen atoms in total. The Labute approximate surface area is 61.5 Å². The second kappa shape index (κ2) is 3.71. The largest absolute Gasteiger partial charge is 0.300 e. The summed E-state index contributed by atoms with van der Waals surface area (Å²) in [5.41, 5.74) is 0.